The lowest BCUT2D eigenvalue weighted by atomic mass is 9.93. The van der Waals surface area contributed by atoms with Crippen molar-refractivity contribution in [1.82, 2.24) is 4.90 Å². The van der Waals surface area contributed by atoms with Gasteiger partial charge in [-0.3, -0.25) is 9.69 Å². The van der Waals surface area contributed by atoms with Crippen molar-refractivity contribution in [2.45, 2.75) is 6.54 Å². The molecule has 3 aromatic rings. The Kier molecular flexibility index (Phi) is 6.99. The number of phenols is 2. The van der Waals surface area contributed by atoms with Crippen molar-refractivity contribution in [1.29, 1.82) is 0 Å². The van der Waals surface area contributed by atoms with E-state index in [1.54, 1.807) is 36.4 Å². The van der Waals surface area contributed by atoms with Crippen LogP contribution in [0.2, 0.25) is 0 Å². The Balaban J connectivity index is 1.71. The average molecular weight is 458 g/mol. The van der Waals surface area contributed by atoms with E-state index in [-0.39, 0.29) is 17.3 Å². The maximum atomic E-state index is 13.5. The lowest BCUT2D eigenvalue weighted by Crippen LogP contribution is -2.37. The molecule has 1 heterocycles. The molecule has 4 rings (SSSR count). The molecule has 6 nitrogen and oxygen atoms in total. The summed E-state index contributed by atoms with van der Waals surface area (Å²) in [5.41, 5.74) is 3.99. The van der Waals surface area contributed by atoms with Crippen LogP contribution in [-0.2, 0) is 11.3 Å². The first-order valence-corrected chi connectivity index (χ1v) is 10.9. The maximum Gasteiger partial charge on any atom is 0.187 e. The first kappa shape index (κ1) is 23.1. The Morgan fingerprint density at radius 1 is 0.794 bits per heavy atom. The summed E-state index contributed by atoms with van der Waals surface area (Å²) in [5, 5.41) is 19.8. The van der Waals surface area contributed by atoms with E-state index >= 15 is 0 Å². The molecule has 0 spiro atoms. The second-order valence-electron chi connectivity index (χ2n) is 8.16. The summed E-state index contributed by atoms with van der Waals surface area (Å²) in [6, 6.07) is 20.2. The third-order valence-corrected chi connectivity index (χ3v) is 5.71. The third-order valence-electron chi connectivity index (χ3n) is 5.71. The SMILES string of the molecule is COc1cc(/C=C2/CN(Cc3ccccc3)C/C(=C\c3ccc(O)c(OC)c3)C2=O)ccc1O. The molecular weight excluding hydrogens is 430 g/mol. The average Bonchev–Trinajstić information content (AvgIpc) is 2.85. The van der Waals surface area contributed by atoms with Gasteiger partial charge >= 0.3 is 0 Å². The summed E-state index contributed by atoms with van der Waals surface area (Å²) in [6.45, 7) is 1.68. The normalized spacial score (nSPS) is 16.7. The summed E-state index contributed by atoms with van der Waals surface area (Å²) in [4.78, 5) is 15.7. The molecule has 0 unspecified atom stereocenters. The topological polar surface area (TPSA) is 79.2 Å². The molecule has 1 aliphatic rings. The van der Waals surface area contributed by atoms with Crippen LogP contribution >= 0.6 is 0 Å². The molecule has 3 aromatic carbocycles. The Morgan fingerprint density at radius 2 is 1.29 bits per heavy atom. The van der Waals surface area contributed by atoms with Gasteiger partial charge in [-0.05, 0) is 53.1 Å². The zero-order valence-corrected chi connectivity index (χ0v) is 19.2. The van der Waals surface area contributed by atoms with Crippen LogP contribution in [0.1, 0.15) is 16.7 Å². The second-order valence-corrected chi connectivity index (χ2v) is 8.16. The molecular formula is C28H27NO5. The van der Waals surface area contributed by atoms with Crippen LogP contribution in [-0.4, -0.2) is 48.2 Å². The largest absolute Gasteiger partial charge is 0.504 e. The second kappa shape index (κ2) is 10.3. The Labute approximate surface area is 199 Å². The number of likely N-dealkylation sites (tertiary alicyclic amines) is 1. The van der Waals surface area contributed by atoms with Gasteiger partial charge in [0.1, 0.15) is 0 Å². The van der Waals surface area contributed by atoms with E-state index in [9.17, 15) is 15.0 Å². The minimum absolute atomic E-state index is 0.0385. The van der Waals surface area contributed by atoms with Crippen LogP contribution in [0.15, 0.2) is 77.9 Å². The number of ether oxygens (including phenoxy) is 2. The number of hydrogen-bond donors (Lipinski definition) is 2. The van der Waals surface area contributed by atoms with Gasteiger partial charge in [0.2, 0.25) is 0 Å². The molecule has 0 aromatic heterocycles. The standard InChI is InChI=1S/C28H27NO5/c1-33-26-14-20(8-10-24(26)30)12-22-17-29(16-19-6-4-3-5-7-19)18-23(28(22)32)13-21-9-11-25(31)27(15-21)34-2/h3-15,30-31H,16-18H2,1-2H3/b22-12-,23-13+. The van der Waals surface area contributed by atoms with Gasteiger partial charge in [-0.25, -0.2) is 0 Å². The van der Waals surface area contributed by atoms with E-state index in [4.69, 9.17) is 9.47 Å². The maximum absolute atomic E-state index is 13.5. The quantitative estimate of drug-likeness (QED) is 0.524. The van der Waals surface area contributed by atoms with Crippen molar-refractivity contribution in [2.24, 2.45) is 0 Å². The Bertz CT molecular complexity index is 1170. The highest BCUT2D eigenvalue weighted by Crippen LogP contribution is 2.31. The molecule has 1 aliphatic heterocycles. The smallest absolute Gasteiger partial charge is 0.187 e. The highest BCUT2D eigenvalue weighted by Gasteiger charge is 2.26. The molecule has 2 N–H and O–H groups in total. The first-order chi connectivity index (χ1) is 16.5. The zero-order chi connectivity index (χ0) is 24.1. The minimum Gasteiger partial charge on any atom is -0.504 e. The van der Waals surface area contributed by atoms with E-state index in [0.717, 1.165) is 16.7 Å². The molecule has 0 saturated carbocycles. The van der Waals surface area contributed by atoms with Crippen LogP contribution in [0.3, 0.4) is 0 Å². The molecule has 34 heavy (non-hydrogen) atoms. The van der Waals surface area contributed by atoms with Gasteiger partial charge in [-0.1, -0.05) is 42.5 Å². The van der Waals surface area contributed by atoms with E-state index < -0.39 is 0 Å². The summed E-state index contributed by atoms with van der Waals surface area (Å²) >= 11 is 0. The highest BCUT2D eigenvalue weighted by molar-refractivity contribution is 6.14. The van der Waals surface area contributed by atoms with Crippen LogP contribution in [0.25, 0.3) is 12.2 Å². The molecule has 1 fully saturated rings. The molecule has 0 aliphatic carbocycles. The molecule has 0 amide bonds. The van der Waals surface area contributed by atoms with E-state index in [2.05, 4.69) is 17.0 Å². The van der Waals surface area contributed by atoms with Gasteiger partial charge in [0.25, 0.3) is 0 Å². The number of carbonyl (C=O) groups excluding carboxylic acids is 1. The van der Waals surface area contributed by atoms with E-state index in [1.807, 2.05) is 30.4 Å². The third kappa shape index (κ3) is 5.30. The number of aromatic hydroxyl groups is 2. The van der Waals surface area contributed by atoms with Gasteiger partial charge < -0.3 is 19.7 Å². The lowest BCUT2D eigenvalue weighted by molar-refractivity contribution is -0.113. The molecule has 0 radical (unpaired) electrons. The summed E-state index contributed by atoms with van der Waals surface area (Å²) in [5.74, 6) is 0.763. The Hall–Kier alpha value is -4.03. The molecule has 174 valence electrons. The number of piperidine rings is 1. The van der Waals surface area contributed by atoms with Crippen molar-refractivity contribution in [2.75, 3.05) is 27.3 Å². The number of nitrogens with zero attached hydrogens (tertiary/aromatic N) is 1. The highest BCUT2D eigenvalue weighted by atomic mass is 16.5. The van der Waals surface area contributed by atoms with Crippen LogP contribution in [0.4, 0.5) is 0 Å². The van der Waals surface area contributed by atoms with Crippen molar-refractivity contribution in [3.63, 3.8) is 0 Å². The fraction of sp³-hybridized carbons (Fsp3) is 0.179. The summed E-state index contributed by atoms with van der Waals surface area (Å²) in [7, 11) is 2.98. The number of phenolic OH excluding ortho intramolecular Hbond substituents is 2. The van der Waals surface area contributed by atoms with E-state index in [0.29, 0.717) is 42.3 Å². The number of carbonyl (C=O) groups is 1. The predicted octanol–water partition coefficient (Wildman–Crippen LogP) is 4.67. The number of benzene rings is 3. The van der Waals surface area contributed by atoms with Crippen LogP contribution in [0.5, 0.6) is 23.0 Å². The predicted molar refractivity (Wildman–Crippen MR) is 132 cm³/mol. The molecule has 6 heteroatoms. The van der Waals surface area contributed by atoms with Gasteiger partial charge in [0.05, 0.1) is 14.2 Å². The number of methoxy groups -OCH3 is 2. The number of Topliss-reactive ketones (excluding diaryl/α,β-unsaturated/α-hetero) is 1. The monoisotopic (exact) mass is 457 g/mol. The van der Waals surface area contributed by atoms with E-state index in [1.165, 1.54) is 14.2 Å². The molecule has 0 bridgehead atoms. The van der Waals surface area contributed by atoms with Gasteiger partial charge in [0.15, 0.2) is 28.8 Å². The Morgan fingerprint density at radius 3 is 1.76 bits per heavy atom. The van der Waals surface area contributed by atoms with Gasteiger partial charge in [0, 0.05) is 30.8 Å². The lowest BCUT2D eigenvalue weighted by Gasteiger charge is -2.30. The van der Waals surface area contributed by atoms with Crippen LogP contribution in [0, 0.1) is 0 Å². The number of hydrogen-bond acceptors (Lipinski definition) is 6. The van der Waals surface area contributed by atoms with Crippen molar-refractivity contribution < 1.29 is 24.5 Å². The van der Waals surface area contributed by atoms with Gasteiger partial charge in [-0.2, -0.15) is 0 Å². The molecule has 1 saturated heterocycles. The minimum atomic E-state index is -0.0385. The summed E-state index contributed by atoms with van der Waals surface area (Å²) in [6.07, 6.45) is 3.68. The number of rotatable bonds is 6. The fourth-order valence-electron chi connectivity index (χ4n) is 4.03. The zero-order valence-electron chi connectivity index (χ0n) is 19.2. The fourth-order valence-corrected chi connectivity index (χ4v) is 4.03. The molecule has 0 atom stereocenters. The van der Waals surface area contributed by atoms with Crippen molar-refractivity contribution in [3.05, 3.63) is 94.6 Å². The number of ketones is 1. The van der Waals surface area contributed by atoms with Crippen molar-refractivity contribution in [3.8, 4) is 23.0 Å². The van der Waals surface area contributed by atoms with Crippen LogP contribution < -0.4 is 9.47 Å². The summed E-state index contributed by atoms with van der Waals surface area (Å²) < 4.78 is 10.4. The van der Waals surface area contributed by atoms with Gasteiger partial charge in [-0.15, -0.1) is 0 Å². The first-order valence-electron chi connectivity index (χ1n) is 10.9. The van der Waals surface area contributed by atoms with Crippen molar-refractivity contribution >= 4 is 17.9 Å².